The molecule has 0 unspecified atom stereocenters. The van der Waals surface area contributed by atoms with Gasteiger partial charge in [-0.15, -0.1) is 0 Å². The fourth-order valence-corrected chi connectivity index (χ4v) is 2.76. The number of hydrogen-bond donors (Lipinski definition) is 0. The third-order valence-electron chi connectivity index (χ3n) is 4.00. The van der Waals surface area contributed by atoms with Crippen LogP contribution < -0.4 is 4.90 Å². The van der Waals surface area contributed by atoms with Gasteiger partial charge in [0.1, 0.15) is 5.70 Å². The van der Waals surface area contributed by atoms with Gasteiger partial charge in [0.25, 0.3) is 0 Å². The Morgan fingerprint density at radius 3 is 2.63 bits per heavy atom. The molecular weight excluding hydrogens is 346 g/mol. The zero-order valence-corrected chi connectivity index (χ0v) is 15.0. The third-order valence-corrected chi connectivity index (χ3v) is 4.00. The minimum Gasteiger partial charge on any atom is -0.465 e. The van der Waals surface area contributed by atoms with E-state index in [9.17, 15) is 9.59 Å². The molecule has 0 fully saturated rings. The second-order valence-corrected chi connectivity index (χ2v) is 5.72. The van der Waals surface area contributed by atoms with Crippen LogP contribution in [-0.4, -0.2) is 35.7 Å². The number of nitrogens with zero attached hydrogens (tertiary/aromatic N) is 3. The highest BCUT2D eigenvalue weighted by molar-refractivity contribution is 6.05. The van der Waals surface area contributed by atoms with Gasteiger partial charge in [0.15, 0.2) is 0 Å². The number of allylic oxidation sites excluding steroid dienone is 2. The molecule has 27 heavy (non-hydrogen) atoms. The minimum absolute atomic E-state index is 0.0918. The van der Waals surface area contributed by atoms with Gasteiger partial charge in [-0.3, -0.25) is 0 Å². The van der Waals surface area contributed by atoms with Gasteiger partial charge in [0.05, 0.1) is 26.1 Å². The molecule has 0 spiro atoms. The summed E-state index contributed by atoms with van der Waals surface area (Å²) in [6.45, 7) is 0.630. The zero-order chi connectivity index (χ0) is 19.2. The lowest BCUT2D eigenvalue weighted by molar-refractivity contribution is -0.139. The Morgan fingerprint density at radius 1 is 1.11 bits per heavy atom. The lowest BCUT2D eigenvalue weighted by Gasteiger charge is -2.23. The quantitative estimate of drug-likeness (QED) is 0.758. The van der Waals surface area contributed by atoms with Crippen LogP contribution in [0.1, 0.15) is 5.56 Å². The van der Waals surface area contributed by atoms with E-state index in [2.05, 4.69) is 4.98 Å². The van der Waals surface area contributed by atoms with Crippen molar-refractivity contribution >= 4 is 17.6 Å². The van der Waals surface area contributed by atoms with Gasteiger partial charge in [-0.1, -0.05) is 18.2 Å². The Balaban J connectivity index is 2.05. The van der Waals surface area contributed by atoms with Crippen molar-refractivity contribution in [1.29, 1.82) is 0 Å². The van der Waals surface area contributed by atoms with Crippen LogP contribution >= 0.6 is 0 Å². The number of rotatable bonds is 5. The van der Waals surface area contributed by atoms with Crippen LogP contribution in [0.25, 0.3) is 0 Å². The first-order valence-electron chi connectivity index (χ1n) is 8.23. The summed E-state index contributed by atoms with van der Waals surface area (Å²) < 4.78 is 11.7. The molecule has 1 aromatic heterocycles. The number of anilines is 1. The Labute approximate surface area is 156 Å². The van der Waals surface area contributed by atoms with Crippen molar-refractivity contribution in [3.63, 3.8) is 0 Å². The minimum atomic E-state index is -0.633. The number of carbonyl (C=O) groups is 2. The predicted octanol–water partition coefficient (Wildman–Crippen LogP) is 2.42. The maximum Gasteiger partial charge on any atom is 0.355 e. The second kappa shape index (κ2) is 8.18. The molecule has 0 saturated heterocycles. The number of methoxy groups -OCH3 is 2. The number of hydrogen-bond acceptors (Lipinski definition) is 6. The number of aromatic nitrogens is 2. The molecule has 0 aliphatic carbocycles. The summed E-state index contributed by atoms with van der Waals surface area (Å²) in [5.74, 6) is -1.25. The van der Waals surface area contributed by atoms with Gasteiger partial charge in [-0.05, 0) is 29.8 Å². The fraction of sp³-hybridized carbons (Fsp3) is 0.150. The molecule has 2 heterocycles. The highest BCUT2D eigenvalue weighted by Crippen LogP contribution is 2.27. The van der Waals surface area contributed by atoms with Crippen molar-refractivity contribution in [3.8, 4) is 0 Å². The number of imidazole rings is 1. The summed E-state index contributed by atoms with van der Waals surface area (Å²) in [5.41, 5.74) is 1.94. The molecule has 3 rings (SSSR count). The van der Waals surface area contributed by atoms with Crippen LogP contribution in [0.3, 0.4) is 0 Å². The summed E-state index contributed by atoms with van der Waals surface area (Å²) in [6, 6.07) is 7.66. The smallest absolute Gasteiger partial charge is 0.355 e. The predicted molar refractivity (Wildman–Crippen MR) is 99.6 cm³/mol. The Kier molecular flexibility index (Phi) is 5.51. The number of carbonyl (C=O) groups excluding carboxylic acids is 2. The topological polar surface area (TPSA) is 73.7 Å². The Hall–Kier alpha value is -3.61. The van der Waals surface area contributed by atoms with E-state index in [1.165, 1.54) is 20.3 Å². The number of esters is 2. The highest BCUT2D eigenvalue weighted by Gasteiger charge is 2.27. The van der Waals surface area contributed by atoms with E-state index in [0.717, 1.165) is 11.3 Å². The molecule has 1 aliphatic rings. The molecular formula is C20H19N3O4. The molecule has 2 aromatic rings. The molecule has 1 aliphatic heterocycles. The van der Waals surface area contributed by atoms with Gasteiger partial charge in [-0.2, -0.15) is 0 Å². The SMILES string of the molecule is COC(=O)C1=C(C(=O)OC)N(c2cccc(Cn3ccnc3)c2)C=CC=C1. The van der Waals surface area contributed by atoms with E-state index in [1.807, 2.05) is 35.0 Å². The van der Waals surface area contributed by atoms with Crippen molar-refractivity contribution in [2.45, 2.75) is 6.54 Å². The molecule has 0 bridgehead atoms. The normalized spacial score (nSPS) is 13.5. The van der Waals surface area contributed by atoms with Gasteiger partial charge < -0.3 is 18.9 Å². The first-order valence-corrected chi connectivity index (χ1v) is 8.23. The molecule has 0 saturated carbocycles. The van der Waals surface area contributed by atoms with E-state index >= 15 is 0 Å². The van der Waals surface area contributed by atoms with Gasteiger partial charge >= 0.3 is 11.9 Å². The average Bonchev–Trinajstić information content (AvgIpc) is 3.10. The second-order valence-electron chi connectivity index (χ2n) is 5.72. The average molecular weight is 365 g/mol. The molecule has 0 amide bonds. The lowest BCUT2D eigenvalue weighted by atomic mass is 10.1. The van der Waals surface area contributed by atoms with Crippen LogP contribution in [0.5, 0.6) is 0 Å². The van der Waals surface area contributed by atoms with Crippen LogP contribution in [0, 0.1) is 0 Å². The summed E-state index contributed by atoms with van der Waals surface area (Å²) in [7, 11) is 2.54. The highest BCUT2D eigenvalue weighted by atomic mass is 16.5. The van der Waals surface area contributed by atoms with Crippen LogP contribution in [0.2, 0.25) is 0 Å². The van der Waals surface area contributed by atoms with Crippen molar-refractivity contribution < 1.29 is 19.1 Å². The van der Waals surface area contributed by atoms with Gasteiger partial charge in [0.2, 0.25) is 0 Å². The van der Waals surface area contributed by atoms with E-state index < -0.39 is 11.9 Å². The molecule has 0 radical (unpaired) electrons. The van der Waals surface area contributed by atoms with Crippen LogP contribution in [0.4, 0.5) is 5.69 Å². The molecule has 1 aromatic carbocycles. The standard InChI is InChI=1S/C20H19N3O4/c1-26-19(24)17-8-3-4-10-23(18(17)20(25)27-2)16-7-5-6-15(12-16)13-22-11-9-21-14-22/h3-12,14H,13H2,1-2H3. The lowest BCUT2D eigenvalue weighted by Crippen LogP contribution is -2.27. The van der Waals surface area contributed by atoms with Crippen molar-refractivity contribution in [2.75, 3.05) is 19.1 Å². The summed E-state index contributed by atoms with van der Waals surface area (Å²) in [5, 5.41) is 0. The largest absolute Gasteiger partial charge is 0.465 e. The maximum atomic E-state index is 12.5. The number of ether oxygens (including phenoxy) is 2. The third kappa shape index (κ3) is 3.98. The van der Waals surface area contributed by atoms with Crippen molar-refractivity contribution in [2.24, 2.45) is 0 Å². The summed E-state index contributed by atoms with van der Waals surface area (Å²) in [4.78, 5) is 30.3. The molecule has 138 valence electrons. The molecule has 0 N–H and O–H groups in total. The van der Waals surface area contributed by atoms with Crippen LogP contribution in [-0.2, 0) is 25.6 Å². The Bertz CT molecular complexity index is 926. The number of benzene rings is 1. The van der Waals surface area contributed by atoms with E-state index in [0.29, 0.717) is 6.54 Å². The first-order chi connectivity index (χ1) is 13.1. The van der Waals surface area contributed by atoms with E-state index in [1.54, 1.807) is 35.8 Å². The Morgan fingerprint density at radius 2 is 1.93 bits per heavy atom. The molecule has 7 nitrogen and oxygen atoms in total. The molecule has 7 heteroatoms. The summed E-state index contributed by atoms with van der Waals surface area (Å²) in [6.07, 6.45) is 12.0. The first kappa shape index (κ1) is 18.2. The van der Waals surface area contributed by atoms with Gasteiger partial charge in [-0.25, -0.2) is 14.6 Å². The van der Waals surface area contributed by atoms with E-state index in [4.69, 9.17) is 9.47 Å². The zero-order valence-electron chi connectivity index (χ0n) is 15.0. The van der Waals surface area contributed by atoms with Crippen molar-refractivity contribution in [1.82, 2.24) is 9.55 Å². The summed E-state index contributed by atoms with van der Waals surface area (Å²) >= 11 is 0. The molecule has 0 atom stereocenters. The van der Waals surface area contributed by atoms with E-state index in [-0.39, 0.29) is 11.3 Å². The fourth-order valence-electron chi connectivity index (χ4n) is 2.76. The van der Waals surface area contributed by atoms with Crippen molar-refractivity contribution in [3.05, 3.63) is 84.2 Å². The maximum absolute atomic E-state index is 12.5. The monoisotopic (exact) mass is 365 g/mol. The van der Waals surface area contributed by atoms with Crippen LogP contribution in [0.15, 0.2) is 78.7 Å². The van der Waals surface area contributed by atoms with Gasteiger partial charge in [0, 0.05) is 30.8 Å².